The van der Waals surface area contributed by atoms with Gasteiger partial charge in [0.1, 0.15) is 5.75 Å². The number of hydrogen-bond donors (Lipinski definition) is 1. The Bertz CT molecular complexity index is 578. The van der Waals surface area contributed by atoms with Crippen LogP contribution in [0, 0.1) is 5.82 Å². The molecule has 4 nitrogen and oxygen atoms in total. The Morgan fingerprint density at radius 1 is 1.33 bits per heavy atom. The number of nitrogens with zero attached hydrogens (tertiary/aromatic N) is 1. The van der Waals surface area contributed by atoms with E-state index in [1.165, 1.54) is 6.33 Å². The van der Waals surface area contributed by atoms with Crippen molar-refractivity contribution in [1.82, 2.24) is 9.97 Å². The SMILES string of the molecule is CCOc1ccc(Cc2nc[nH]c(=O)c2F)cc1. The second-order valence-electron chi connectivity index (χ2n) is 3.75. The second-order valence-corrected chi connectivity index (χ2v) is 3.75. The molecule has 1 aromatic carbocycles. The molecule has 0 aliphatic rings. The number of H-pyrrole nitrogens is 1. The second kappa shape index (κ2) is 5.44. The van der Waals surface area contributed by atoms with E-state index in [1.54, 1.807) is 0 Å². The molecule has 2 aromatic rings. The van der Waals surface area contributed by atoms with Crippen molar-refractivity contribution in [2.45, 2.75) is 13.3 Å². The van der Waals surface area contributed by atoms with Crippen LogP contribution in [0.4, 0.5) is 4.39 Å². The zero-order valence-electron chi connectivity index (χ0n) is 9.94. The van der Waals surface area contributed by atoms with E-state index in [-0.39, 0.29) is 12.1 Å². The molecule has 1 heterocycles. The average Bonchev–Trinajstić information content (AvgIpc) is 2.38. The third-order valence-electron chi connectivity index (χ3n) is 2.47. The third kappa shape index (κ3) is 2.74. The monoisotopic (exact) mass is 248 g/mol. The van der Waals surface area contributed by atoms with E-state index in [1.807, 2.05) is 31.2 Å². The molecule has 2 rings (SSSR count). The highest BCUT2D eigenvalue weighted by molar-refractivity contribution is 5.29. The number of benzene rings is 1. The first-order valence-electron chi connectivity index (χ1n) is 5.64. The van der Waals surface area contributed by atoms with Gasteiger partial charge in [0.2, 0.25) is 5.82 Å². The van der Waals surface area contributed by atoms with Crippen molar-refractivity contribution in [3.05, 3.63) is 58.0 Å². The Morgan fingerprint density at radius 2 is 2.06 bits per heavy atom. The Hall–Kier alpha value is -2.17. The van der Waals surface area contributed by atoms with Crippen molar-refractivity contribution in [3.8, 4) is 5.75 Å². The van der Waals surface area contributed by atoms with E-state index in [4.69, 9.17) is 4.74 Å². The first kappa shape index (κ1) is 12.3. The van der Waals surface area contributed by atoms with Gasteiger partial charge in [-0.3, -0.25) is 4.79 Å². The third-order valence-corrected chi connectivity index (χ3v) is 2.47. The summed E-state index contributed by atoms with van der Waals surface area (Å²) in [6.07, 6.45) is 1.48. The van der Waals surface area contributed by atoms with Gasteiger partial charge in [-0.15, -0.1) is 0 Å². The molecule has 0 saturated heterocycles. The van der Waals surface area contributed by atoms with Crippen molar-refractivity contribution < 1.29 is 9.13 Å². The summed E-state index contributed by atoms with van der Waals surface area (Å²) in [5, 5.41) is 0. The molecule has 5 heteroatoms. The molecule has 0 spiro atoms. The number of aromatic nitrogens is 2. The summed E-state index contributed by atoms with van der Waals surface area (Å²) in [5.41, 5.74) is 0.268. The van der Waals surface area contributed by atoms with Gasteiger partial charge in [0, 0.05) is 6.42 Å². The highest BCUT2D eigenvalue weighted by Gasteiger charge is 2.08. The summed E-state index contributed by atoms with van der Waals surface area (Å²) in [6.45, 7) is 2.51. The summed E-state index contributed by atoms with van der Waals surface area (Å²) in [5.74, 6) is -0.0630. The van der Waals surface area contributed by atoms with Gasteiger partial charge in [-0.2, -0.15) is 4.39 Å². The minimum absolute atomic E-state index is 0.142. The molecular weight excluding hydrogens is 235 g/mol. The summed E-state index contributed by atoms with van der Waals surface area (Å²) in [7, 11) is 0. The maximum absolute atomic E-state index is 13.5. The molecule has 0 amide bonds. The molecule has 0 aliphatic heterocycles. The van der Waals surface area contributed by atoms with Crippen LogP contribution in [0.25, 0.3) is 0 Å². The molecule has 0 saturated carbocycles. The predicted octanol–water partition coefficient (Wildman–Crippen LogP) is 1.90. The number of hydrogen-bond acceptors (Lipinski definition) is 3. The molecule has 0 fully saturated rings. The van der Waals surface area contributed by atoms with Gasteiger partial charge in [0.25, 0.3) is 5.56 Å². The van der Waals surface area contributed by atoms with Crippen molar-refractivity contribution in [3.63, 3.8) is 0 Å². The van der Waals surface area contributed by atoms with Gasteiger partial charge in [0.05, 0.1) is 18.6 Å². The van der Waals surface area contributed by atoms with E-state index >= 15 is 0 Å². The fraction of sp³-hybridized carbons (Fsp3) is 0.231. The number of halogens is 1. The molecule has 1 N–H and O–H groups in total. The van der Waals surface area contributed by atoms with Gasteiger partial charge in [-0.25, -0.2) is 4.98 Å². The smallest absolute Gasteiger partial charge is 0.287 e. The first-order valence-corrected chi connectivity index (χ1v) is 5.64. The molecule has 1 aromatic heterocycles. The van der Waals surface area contributed by atoms with Crippen LogP contribution in [-0.2, 0) is 6.42 Å². The van der Waals surface area contributed by atoms with Gasteiger partial charge in [-0.1, -0.05) is 12.1 Å². The van der Waals surface area contributed by atoms with Crippen LogP contribution >= 0.6 is 0 Å². The van der Waals surface area contributed by atoms with Gasteiger partial charge in [-0.05, 0) is 24.6 Å². The highest BCUT2D eigenvalue weighted by atomic mass is 19.1. The topological polar surface area (TPSA) is 55.0 Å². The van der Waals surface area contributed by atoms with Crippen molar-refractivity contribution >= 4 is 0 Å². The van der Waals surface area contributed by atoms with E-state index in [0.29, 0.717) is 6.61 Å². The van der Waals surface area contributed by atoms with Crippen molar-refractivity contribution in [1.29, 1.82) is 0 Å². The maximum Gasteiger partial charge on any atom is 0.287 e. The number of rotatable bonds is 4. The summed E-state index contributed by atoms with van der Waals surface area (Å²) < 4.78 is 18.8. The Labute approximate surface area is 103 Å². The van der Waals surface area contributed by atoms with Gasteiger partial charge >= 0.3 is 0 Å². The van der Waals surface area contributed by atoms with Crippen molar-refractivity contribution in [2.75, 3.05) is 6.61 Å². The molecule has 0 unspecified atom stereocenters. The lowest BCUT2D eigenvalue weighted by molar-refractivity contribution is 0.340. The van der Waals surface area contributed by atoms with E-state index in [2.05, 4.69) is 9.97 Å². The van der Waals surface area contributed by atoms with Crippen LogP contribution in [0.3, 0.4) is 0 Å². The minimum atomic E-state index is -0.827. The predicted molar refractivity (Wildman–Crippen MR) is 65.2 cm³/mol. The molecule has 94 valence electrons. The molecular formula is C13H13FN2O2. The van der Waals surface area contributed by atoms with Crippen LogP contribution in [0.2, 0.25) is 0 Å². The lowest BCUT2D eigenvalue weighted by atomic mass is 10.1. The molecule has 0 atom stereocenters. The molecule has 0 radical (unpaired) electrons. The summed E-state index contributed by atoms with van der Waals surface area (Å²) in [4.78, 5) is 17.1. The van der Waals surface area contributed by atoms with Gasteiger partial charge < -0.3 is 9.72 Å². The van der Waals surface area contributed by atoms with Crippen LogP contribution in [0.5, 0.6) is 5.75 Å². The standard InChI is InChI=1S/C13H13FN2O2/c1-2-18-10-5-3-9(4-6-10)7-11-12(14)13(17)16-8-15-11/h3-6,8H,2,7H2,1H3,(H,15,16,17). The van der Waals surface area contributed by atoms with E-state index < -0.39 is 11.4 Å². The fourth-order valence-electron chi connectivity index (χ4n) is 1.61. The quantitative estimate of drug-likeness (QED) is 0.899. The number of nitrogens with one attached hydrogen (secondary N) is 1. The Balaban J connectivity index is 2.18. The summed E-state index contributed by atoms with van der Waals surface area (Å²) in [6, 6.07) is 7.27. The highest BCUT2D eigenvalue weighted by Crippen LogP contribution is 2.14. The average molecular weight is 248 g/mol. The summed E-state index contributed by atoms with van der Waals surface area (Å²) >= 11 is 0. The number of aromatic amines is 1. The fourth-order valence-corrected chi connectivity index (χ4v) is 1.61. The zero-order chi connectivity index (χ0) is 13.0. The van der Waals surface area contributed by atoms with E-state index in [0.717, 1.165) is 11.3 Å². The van der Waals surface area contributed by atoms with Gasteiger partial charge in [0.15, 0.2) is 0 Å². The van der Waals surface area contributed by atoms with Crippen LogP contribution in [0.15, 0.2) is 35.4 Å². The lowest BCUT2D eigenvalue weighted by Gasteiger charge is -2.05. The Morgan fingerprint density at radius 3 is 2.72 bits per heavy atom. The Kier molecular flexibility index (Phi) is 3.72. The first-order chi connectivity index (χ1) is 8.70. The number of ether oxygens (including phenoxy) is 1. The normalized spacial score (nSPS) is 10.3. The molecule has 0 bridgehead atoms. The van der Waals surface area contributed by atoms with Crippen LogP contribution in [-0.4, -0.2) is 16.6 Å². The van der Waals surface area contributed by atoms with E-state index in [9.17, 15) is 9.18 Å². The van der Waals surface area contributed by atoms with Crippen molar-refractivity contribution in [2.24, 2.45) is 0 Å². The largest absolute Gasteiger partial charge is 0.494 e. The zero-order valence-corrected chi connectivity index (χ0v) is 9.94. The van der Waals surface area contributed by atoms with Crippen LogP contribution in [0.1, 0.15) is 18.2 Å². The molecule has 0 aliphatic carbocycles. The molecule has 18 heavy (non-hydrogen) atoms. The van der Waals surface area contributed by atoms with Crippen LogP contribution < -0.4 is 10.3 Å². The minimum Gasteiger partial charge on any atom is -0.494 e. The maximum atomic E-state index is 13.5. The lowest BCUT2D eigenvalue weighted by Crippen LogP contribution is -2.14.